The number of carbonyl (C=O) groups excluding carboxylic acids is 2. The molecule has 1 amide bonds. The van der Waals surface area contributed by atoms with Crippen LogP contribution in [0, 0.1) is 0 Å². The summed E-state index contributed by atoms with van der Waals surface area (Å²) >= 11 is 0. The summed E-state index contributed by atoms with van der Waals surface area (Å²) in [5.74, 6) is 2.22. The highest BCUT2D eigenvalue weighted by atomic mass is 16.6. The molecule has 0 radical (unpaired) electrons. The van der Waals surface area contributed by atoms with E-state index in [2.05, 4.69) is 9.80 Å². The van der Waals surface area contributed by atoms with Crippen molar-refractivity contribution in [3.05, 3.63) is 58.7 Å². The van der Waals surface area contributed by atoms with E-state index >= 15 is 0 Å². The number of benzene rings is 2. The van der Waals surface area contributed by atoms with Crippen molar-refractivity contribution in [2.24, 2.45) is 0 Å². The summed E-state index contributed by atoms with van der Waals surface area (Å²) < 4.78 is 39.5. The van der Waals surface area contributed by atoms with Gasteiger partial charge in [-0.3, -0.25) is 19.5 Å². The molecule has 0 aliphatic carbocycles. The van der Waals surface area contributed by atoms with Gasteiger partial charge in [0.25, 0.3) is 0 Å². The number of rotatable bonds is 13. The summed E-state index contributed by atoms with van der Waals surface area (Å²) in [7, 11) is 3.18. The van der Waals surface area contributed by atoms with Gasteiger partial charge in [0.15, 0.2) is 28.8 Å². The molecule has 0 spiro atoms. The van der Waals surface area contributed by atoms with E-state index in [1.807, 2.05) is 36.4 Å². The van der Waals surface area contributed by atoms with Crippen LogP contribution in [-0.2, 0) is 19.0 Å². The van der Waals surface area contributed by atoms with Crippen LogP contribution < -0.4 is 18.9 Å². The summed E-state index contributed by atoms with van der Waals surface area (Å²) in [5.41, 5.74) is 2.42. The molecule has 3 heterocycles. The molecule has 2 aromatic rings. The zero-order valence-corrected chi connectivity index (χ0v) is 28.2. The zero-order valence-electron chi connectivity index (χ0n) is 28.2. The molecular weight excluding hydrogens is 618 g/mol. The van der Waals surface area contributed by atoms with E-state index < -0.39 is 6.09 Å². The molecule has 3 aliphatic heterocycles. The summed E-state index contributed by atoms with van der Waals surface area (Å²) in [6, 6.07) is 11.1. The Bertz CT molecular complexity index is 1350. The Labute approximate surface area is 282 Å². The number of likely N-dealkylation sites (tertiary alicyclic amines) is 1. The second kappa shape index (κ2) is 17.9. The third kappa shape index (κ3) is 9.72. The molecule has 12 nitrogen and oxygen atoms in total. The van der Waals surface area contributed by atoms with Crippen LogP contribution in [0.3, 0.4) is 0 Å². The molecule has 0 bridgehead atoms. The molecule has 3 saturated heterocycles. The Morgan fingerprint density at radius 2 is 1.19 bits per heavy atom. The van der Waals surface area contributed by atoms with Crippen molar-refractivity contribution < 1.29 is 42.7 Å². The van der Waals surface area contributed by atoms with Crippen molar-refractivity contribution in [2.75, 3.05) is 113 Å². The van der Waals surface area contributed by atoms with Crippen LogP contribution in [0.15, 0.2) is 47.5 Å². The van der Waals surface area contributed by atoms with E-state index in [1.54, 1.807) is 33.3 Å². The number of Topliss-reactive ketones (excluding diaryl/α,β-unsaturated/α-hetero) is 1. The van der Waals surface area contributed by atoms with Crippen molar-refractivity contribution in [2.45, 2.75) is 6.92 Å². The number of carbonyl (C=O) groups is 2. The Morgan fingerprint density at radius 3 is 1.60 bits per heavy atom. The summed E-state index contributed by atoms with van der Waals surface area (Å²) in [6.45, 7) is 11.4. The molecule has 3 aliphatic rings. The summed E-state index contributed by atoms with van der Waals surface area (Å²) in [4.78, 5) is 32.8. The van der Waals surface area contributed by atoms with Crippen molar-refractivity contribution in [3.8, 4) is 23.0 Å². The van der Waals surface area contributed by atoms with Gasteiger partial charge in [-0.1, -0.05) is 12.1 Å². The van der Waals surface area contributed by atoms with Crippen LogP contribution in [0.2, 0.25) is 0 Å². The number of piperidine rings is 1. The Morgan fingerprint density at radius 1 is 0.729 bits per heavy atom. The molecule has 0 aromatic heterocycles. The maximum Gasteiger partial charge on any atom is 0.410 e. The van der Waals surface area contributed by atoms with Crippen LogP contribution in [0.25, 0.3) is 12.2 Å². The lowest BCUT2D eigenvalue weighted by Crippen LogP contribution is -2.41. The lowest BCUT2D eigenvalue weighted by atomic mass is 9.94. The molecule has 12 heteroatoms. The average Bonchev–Trinajstić information content (AvgIpc) is 3.11. The van der Waals surface area contributed by atoms with Gasteiger partial charge < -0.3 is 33.2 Å². The molecule has 0 saturated carbocycles. The predicted octanol–water partition coefficient (Wildman–Crippen LogP) is 3.63. The van der Waals surface area contributed by atoms with E-state index in [4.69, 9.17) is 33.2 Å². The first-order valence-corrected chi connectivity index (χ1v) is 16.6. The minimum absolute atomic E-state index is 0.119. The highest BCUT2D eigenvalue weighted by Crippen LogP contribution is 2.32. The Balaban J connectivity index is 1.31. The third-order valence-corrected chi connectivity index (χ3v) is 8.43. The fourth-order valence-electron chi connectivity index (χ4n) is 5.79. The molecule has 3 fully saturated rings. The van der Waals surface area contributed by atoms with Gasteiger partial charge in [-0.05, 0) is 54.5 Å². The van der Waals surface area contributed by atoms with Crippen LogP contribution in [0.5, 0.6) is 23.0 Å². The molecule has 0 atom stereocenters. The van der Waals surface area contributed by atoms with Gasteiger partial charge in [-0.25, -0.2) is 4.79 Å². The monoisotopic (exact) mass is 665 g/mol. The first-order valence-electron chi connectivity index (χ1n) is 16.6. The van der Waals surface area contributed by atoms with Gasteiger partial charge >= 0.3 is 6.09 Å². The minimum Gasteiger partial charge on any atom is -0.493 e. The van der Waals surface area contributed by atoms with E-state index in [1.165, 1.54) is 4.90 Å². The number of ketones is 1. The highest BCUT2D eigenvalue weighted by molar-refractivity contribution is 6.15. The Hall–Kier alpha value is -4.10. The number of ether oxygens (including phenoxy) is 7. The van der Waals surface area contributed by atoms with Crippen LogP contribution >= 0.6 is 0 Å². The predicted molar refractivity (Wildman–Crippen MR) is 181 cm³/mol. The number of nitrogens with zero attached hydrogens (tertiary/aromatic N) is 3. The van der Waals surface area contributed by atoms with Crippen molar-refractivity contribution in [1.82, 2.24) is 14.7 Å². The lowest BCUT2D eigenvalue weighted by molar-refractivity contribution is -0.113. The SMILES string of the molecule is CCOC(=O)N1C/C(=C\c2ccc(OCCN3CCOCC3)c(OC)c2)C(=O)/C(=C/c2ccc(OCCN3CCOCC3)c(OC)c2)C1. The standard InChI is InChI=1S/C36H47N3O9/c1-4-46-36(41)39-25-29(21-27-5-7-31(33(23-27)42-2)47-19-13-37-9-15-44-16-10-37)35(40)30(26-39)22-28-6-8-32(34(24-28)43-3)48-20-14-38-11-17-45-18-12-38/h5-8,21-24H,4,9-20,25-26H2,1-3H3/b29-21+,30-22+. The molecular formula is C36H47N3O9. The average molecular weight is 666 g/mol. The van der Waals surface area contributed by atoms with E-state index in [9.17, 15) is 9.59 Å². The van der Waals surface area contributed by atoms with Crippen molar-refractivity contribution in [1.29, 1.82) is 0 Å². The number of hydrogen-bond donors (Lipinski definition) is 0. The Kier molecular flexibility index (Phi) is 13.1. The van der Waals surface area contributed by atoms with Crippen LogP contribution in [0.4, 0.5) is 4.79 Å². The summed E-state index contributed by atoms with van der Waals surface area (Å²) in [6.07, 6.45) is 3.09. The largest absolute Gasteiger partial charge is 0.493 e. The summed E-state index contributed by atoms with van der Waals surface area (Å²) in [5, 5.41) is 0. The fraction of sp³-hybridized carbons (Fsp3) is 0.500. The van der Waals surface area contributed by atoms with Gasteiger partial charge in [0.1, 0.15) is 13.2 Å². The second-order valence-corrected chi connectivity index (χ2v) is 11.6. The second-order valence-electron chi connectivity index (χ2n) is 11.6. The first kappa shape index (κ1) is 35.2. The van der Waals surface area contributed by atoms with Crippen molar-refractivity contribution >= 4 is 24.0 Å². The van der Waals surface area contributed by atoms with E-state index in [0.29, 0.717) is 47.4 Å². The molecule has 0 unspecified atom stereocenters. The number of methoxy groups -OCH3 is 2. The molecule has 260 valence electrons. The zero-order chi connectivity index (χ0) is 33.7. The highest BCUT2D eigenvalue weighted by Gasteiger charge is 2.30. The number of morpholine rings is 2. The van der Waals surface area contributed by atoms with Crippen molar-refractivity contribution in [3.63, 3.8) is 0 Å². The molecule has 48 heavy (non-hydrogen) atoms. The number of amides is 1. The van der Waals surface area contributed by atoms with Gasteiger partial charge in [0, 0.05) is 50.4 Å². The maximum atomic E-state index is 13.8. The smallest absolute Gasteiger partial charge is 0.410 e. The quantitative estimate of drug-likeness (QED) is 0.293. The van der Waals surface area contributed by atoms with Crippen LogP contribution in [0.1, 0.15) is 18.1 Å². The normalized spacial score (nSPS) is 19.4. The molecule has 0 N–H and O–H groups in total. The topological polar surface area (TPSA) is 108 Å². The first-order chi connectivity index (χ1) is 23.5. The lowest BCUT2D eigenvalue weighted by Gasteiger charge is -2.29. The van der Waals surface area contributed by atoms with Gasteiger partial charge in [0.05, 0.1) is 60.3 Å². The van der Waals surface area contributed by atoms with Gasteiger partial charge in [0.2, 0.25) is 0 Å². The third-order valence-electron chi connectivity index (χ3n) is 8.43. The number of hydrogen-bond acceptors (Lipinski definition) is 11. The van der Waals surface area contributed by atoms with E-state index in [-0.39, 0.29) is 25.5 Å². The van der Waals surface area contributed by atoms with Gasteiger partial charge in [-0.2, -0.15) is 0 Å². The minimum atomic E-state index is -0.481. The molecule has 2 aromatic carbocycles. The fourth-order valence-corrected chi connectivity index (χ4v) is 5.79. The van der Waals surface area contributed by atoms with E-state index in [0.717, 1.165) is 76.8 Å². The van der Waals surface area contributed by atoms with Crippen LogP contribution in [-0.4, -0.2) is 139 Å². The maximum absolute atomic E-state index is 13.8. The molecule has 5 rings (SSSR count). The van der Waals surface area contributed by atoms with Gasteiger partial charge in [-0.15, -0.1) is 0 Å².